The first-order valence-electron chi connectivity index (χ1n) is 10.2. The van der Waals surface area contributed by atoms with Crippen molar-refractivity contribution in [3.8, 4) is 11.5 Å². The third kappa shape index (κ3) is 4.88. The Balaban J connectivity index is 1.30. The van der Waals surface area contributed by atoms with Crippen LogP contribution in [0.15, 0.2) is 54.6 Å². The zero-order chi connectivity index (χ0) is 20.1. The summed E-state index contributed by atoms with van der Waals surface area (Å²) >= 11 is 0. The van der Waals surface area contributed by atoms with Crippen LogP contribution in [0.2, 0.25) is 0 Å². The van der Waals surface area contributed by atoms with E-state index in [1.165, 1.54) is 0 Å². The van der Waals surface area contributed by atoms with E-state index in [4.69, 9.17) is 9.47 Å². The van der Waals surface area contributed by atoms with Crippen LogP contribution in [-0.2, 0) is 4.79 Å². The number of nitrogens with zero attached hydrogens (tertiary/aromatic N) is 2. The number of carbonyl (C=O) groups is 2. The lowest BCUT2D eigenvalue weighted by Gasteiger charge is -2.35. The summed E-state index contributed by atoms with van der Waals surface area (Å²) in [5.74, 6) is 1.77. The number of hydrogen-bond acceptors (Lipinski definition) is 4. The van der Waals surface area contributed by atoms with Crippen LogP contribution in [0.3, 0.4) is 0 Å². The molecule has 152 valence electrons. The highest BCUT2D eigenvalue weighted by atomic mass is 16.5. The van der Waals surface area contributed by atoms with Gasteiger partial charge in [0.25, 0.3) is 5.91 Å². The fourth-order valence-electron chi connectivity index (χ4n) is 3.49. The van der Waals surface area contributed by atoms with Crippen molar-refractivity contribution in [1.29, 1.82) is 0 Å². The van der Waals surface area contributed by atoms with Crippen molar-refractivity contribution >= 4 is 11.8 Å². The molecule has 0 unspecified atom stereocenters. The van der Waals surface area contributed by atoms with Crippen molar-refractivity contribution in [2.24, 2.45) is 5.92 Å². The SMILES string of the molecule is O=C(c1ccccc1OCCOc1ccccc1)N1CCN(C(=O)C2CC2)CC1. The molecule has 2 aliphatic rings. The molecule has 0 spiro atoms. The van der Waals surface area contributed by atoms with Crippen LogP contribution in [0, 0.1) is 5.92 Å². The Kier molecular flexibility index (Phi) is 5.98. The summed E-state index contributed by atoms with van der Waals surface area (Å²) in [7, 11) is 0. The number of amides is 2. The summed E-state index contributed by atoms with van der Waals surface area (Å²) in [6.07, 6.45) is 2.02. The van der Waals surface area contributed by atoms with E-state index in [2.05, 4.69) is 0 Å². The van der Waals surface area contributed by atoms with Gasteiger partial charge in [-0.25, -0.2) is 0 Å². The second kappa shape index (κ2) is 8.99. The number of hydrogen-bond donors (Lipinski definition) is 0. The minimum Gasteiger partial charge on any atom is -0.490 e. The first kappa shape index (κ1) is 19.3. The maximum Gasteiger partial charge on any atom is 0.257 e. The van der Waals surface area contributed by atoms with Gasteiger partial charge in [0, 0.05) is 32.1 Å². The van der Waals surface area contributed by atoms with Gasteiger partial charge in [0.2, 0.25) is 5.91 Å². The lowest BCUT2D eigenvalue weighted by molar-refractivity contribution is -0.134. The van der Waals surface area contributed by atoms with Crippen LogP contribution in [0.25, 0.3) is 0 Å². The number of piperazine rings is 1. The van der Waals surface area contributed by atoms with E-state index in [0.29, 0.717) is 50.7 Å². The third-order valence-electron chi connectivity index (χ3n) is 5.28. The predicted molar refractivity (Wildman–Crippen MR) is 109 cm³/mol. The van der Waals surface area contributed by atoms with Crippen LogP contribution in [0.1, 0.15) is 23.2 Å². The topological polar surface area (TPSA) is 59.1 Å². The molecule has 2 fully saturated rings. The number of ether oxygens (including phenoxy) is 2. The van der Waals surface area contributed by atoms with Crippen molar-refractivity contribution in [3.05, 3.63) is 60.2 Å². The van der Waals surface area contributed by atoms with Gasteiger partial charge in [0.1, 0.15) is 24.7 Å². The molecule has 1 saturated heterocycles. The Bertz CT molecular complexity index is 843. The minimum atomic E-state index is -0.0527. The molecule has 1 aliphatic carbocycles. The summed E-state index contributed by atoms with van der Waals surface area (Å²) < 4.78 is 11.5. The Labute approximate surface area is 171 Å². The largest absolute Gasteiger partial charge is 0.490 e. The molecule has 2 aromatic carbocycles. The molecular formula is C23H26N2O4. The van der Waals surface area contributed by atoms with Gasteiger partial charge in [0.15, 0.2) is 0 Å². The molecule has 0 radical (unpaired) electrons. The molecule has 0 atom stereocenters. The van der Waals surface area contributed by atoms with Crippen LogP contribution in [0.4, 0.5) is 0 Å². The van der Waals surface area contributed by atoms with E-state index < -0.39 is 0 Å². The first-order valence-corrected chi connectivity index (χ1v) is 10.2. The molecule has 1 heterocycles. The predicted octanol–water partition coefficient (Wildman–Crippen LogP) is 2.84. The summed E-state index contributed by atoms with van der Waals surface area (Å²) in [6.45, 7) is 3.08. The van der Waals surface area contributed by atoms with Crippen LogP contribution in [0.5, 0.6) is 11.5 Å². The van der Waals surface area contributed by atoms with Crippen LogP contribution in [-0.4, -0.2) is 61.0 Å². The van der Waals surface area contributed by atoms with E-state index in [1.54, 1.807) is 11.0 Å². The molecule has 1 saturated carbocycles. The highest BCUT2D eigenvalue weighted by Crippen LogP contribution is 2.31. The van der Waals surface area contributed by atoms with Crippen LogP contribution < -0.4 is 9.47 Å². The zero-order valence-electron chi connectivity index (χ0n) is 16.5. The van der Waals surface area contributed by atoms with E-state index in [1.807, 2.05) is 53.4 Å². The Hall–Kier alpha value is -3.02. The highest BCUT2D eigenvalue weighted by Gasteiger charge is 2.35. The number of carbonyl (C=O) groups excluding carboxylic acids is 2. The summed E-state index contributed by atoms with van der Waals surface area (Å²) in [5.41, 5.74) is 0.550. The second-order valence-electron chi connectivity index (χ2n) is 7.40. The molecule has 6 nitrogen and oxygen atoms in total. The van der Waals surface area contributed by atoms with Crippen LogP contribution >= 0.6 is 0 Å². The first-order chi connectivity index (χ1) is 14.2. The van der Waals surface area contributed by atoms with E-state index in [-0.39, 0.29) is 17.7 Å². The minimum absolute atomic E-state index is 0.0527. The van der Waals surface area contributed by atoms with Gasteiger partial charge in [-0.3, -0.25) is 9.59 Å². The van der Waals surface area contributed by atoms with Gasteiger partial charge >= 0.3 is 0 Å². The molecule has 4 rings (SSSR count). The fraction of sp³-hybridized carbons (Fsp3) is 0.391. The highest BCUT2D eigenvalue weighted by molar-refractivity contribution is 5.97. The van der Waals surface area contributed by atoms with Gasteiger partial charge in [-0.1, -0.05) is 30.3 Å². The lowest BCUT2D eigenvalue weighted by atomic mass is 10.1. The molecule has 29 heavy (non-hydrogen) atoms. The number of para-hydroxylation sites is 2. The van der Waals surface area contributed by atoms with E-state index in [0.717, 1.165) is 18.6 Å². The van der Waals surface area contributed by atoms with Crippen molar-refractivity contribution in [1.82, 2.24) is 9.80 Å². The van der Waals surface area contributed by atoms with Crippen molar-refractivity contribution < 1.29 is 19.1 Å². The van der Waals surface area contributed by atoms with E-state index in [9.17, 15) is 9.59 Å². The third-order valence-corrected chi connectivity index (χ3v) is 5.28. The summed E-state index contributed by atoms with van der Waals surface area (Å²) in [5, 5.41) is 0. The Morgan fingerprint density at radius 3 is 2.14 bits per heavy atom. The Morgan fingerprint density at radius 1 is 0.793 bits per heavy atom. The van der Waals surface area contributed by atoms with Crippen molar-refractivity contribution in [2.75, 3.05) is 39.4 Å². The molecule has 6 heteroatoms. The maximum atomic E-state index is 13.0. The number of benzene rings is 2. The lowest BCUT2D eigenvalue weighted by Crippen LogP contribution is -2.51. The molecule has 0 N–H and O–H groups in total. The smallest absolute Gasteiger partial charge is 0.257 e. The molecule has 0 aromatic heterocycles. The van der Waals surface area contributed by atoms with Gasteiger partial charge in [-0.2, -0.15) is 0 Å². The Morgan fingerprint density at radius 2 is 1.41 bits per heavy atom. The van der Waals surface area contributed by atoms with Crippen molar-refractivity contribution in [3.63, 3.8) is 0 Å². The standard InChI is InChI=1S/C23H26N2O4/c26-22(18-10-11-18)24-12-14-25(15-13-24)23(27)20-8-4-5-9-21(20)29-17-16-28-19-6-2-1-3-7-19/h1-9,18H,10-17H2. The quantitative estimate of drug-likeness (QED) is 0.678. The summed E-state index contributed by atoms with van der Waals surface area (Å²) in [4.78, 5) is 28.9. The molecule has 2 amide bonds. The summed E-state index contributed by atoms with van der Waals surface area (Å²) in [6, 6.07) is 16.9. The molecule has 0 bridgehead atoms. The maximum absolute atomic E-state index is 13.0. The fourth-order valence-corrected chi connectivity index (χ4v) is 3.49. The van der Waals surface area contributed by atoms with Gasteiger partial charge < -0.3 is 19.3 Å². The average Bonchev–Trinajstić information content (AvgIpc) is 3.62. The monoisotopic (exact) mass is 394 g/mol. The average molecular weight is 394 g/mol. The molecule has 1 aliphatic heterocycles. The second-order valence-corrected chi connectivity index (χ2v) is 7.40. The van der Waals surface area contributed by atoms with Gasteiger partial charge in [-0.05, 0) is 37.1 Å². The normalized spacial score (nSPS) is 16.4. The van der Waals surface area contributed by atoms with Gasteiger partial charge in [0.05, 0.1) is 5.56 Å². The van der Waals surface area contributed by atoms with E-state index >= 15 is 0 Å². The molecule has 2 aromatic rings. The van der Waals surface area contributed by atoms with Crippen molar-refractivity contribution in [2.45, 2.75) is 12.8 Å². The van der Waals surface area contributed by atoms with Gasteiger partial charge in [-0.15, -0.1) is 0 Å². The molecular weight excluding hydrogens is 368 g/mol. The number of rotatable bonds is 7. The zero-order valence-corrected chi connectivity index (χ0v) is 16.5.